The van der Waals surface area contributed by atoms with E-state index in [1.807, 2.05) is 19.1 Å². The van der Waals surface area contributed by atoms with E-state index in [-0.39, 0.29) is 10.9 Å². The third-order valence-corrected chi connectivity index (χ3v) is 6.40. The molecule has 1 aromatic carbocycles. The molecule has 0 saturated carbocycles. The van der Waals surface area contributed by atoms with Gasteiger partial charge in [-0.2, -0.15) is 0 Å². The Hall–Kier alpha value is -2.94. The number of carbonyl (C=O) groups excluding carboxylic acids is 1. The van der Waals surface area contributed by atoms with Crippen LogP contribution in [-0.4, -0.2) is 28.0 Å². The van der Waals surface area contributed by atoms with Gasteiger partial charge in [0.25, 0.3) is 5.91 Å². The number of hydrogen-bond donors (Lipinski definition) is 2. The summed E-state index contributed by atoms with van der Waals surface area (Å²) in [6.45, 7) is 3.77. The highest BCUT2D eigenvalue weighted by molar-refractivity contribution is 7.18. The normalized spacial score (nSPS) is 10.9. The van der Waals surface area contributed by atoms with Crippen molar-refractivity contribution in [3.8, 4) is 5.75 Å². The van der Waals surface area contributed by atoms with E-state index >= 15 is 0 Å². The molecule has 0 unspecified atom stereocenters. The number of aryl methyl sites for hydroxylation is 2. The zero-order chi connectivity index (χ0) is 22.1. The summed E-state index contributed by atoms with van der Waals surface area (Å²) in [5, 5.41) is 8.27. The van der Waals surface area contributed by atoms with Crippen molar-refractivity contribution >= 4 is 68.0 Å². The number of methoxy groups -OCH3 is 1. The monoisotopic (exact) mass is 473 g/mol. The molecule has 0 aliphatic rings. The fourth-order valence-electron chi connectivity index (χ4n) is 2.94. The van der Waals surface area contributed by atoms with E-state index in [1.165, 1.54) is 24.8 Å². The average Bonchev–Trinajstić information content (AvgIpc) is 3.20. The van der Waals surface area contributed by atoms with E-state index in [4.69, 9.17) is 27.9 Å². The quantitative estimate of drug-likeness (QED) is 0.368. The number of nitrogens with zero attached hydrogens (tertiary/aromatic N) is 3. The standard InChI is InChI=1S/C21H17Cl2N5O2S/c1-10-4-5-14(24-7-10)27-20-19-17(25-9-26-20)12(8-31-19)21(29)28-18-15(22)11(2)6-13(30-3)16(18)23/h4-9H,1-3H3,(H,28,29)(H,24,25,26,27). The molecule has 0 spiro atoms. The van der Waals surface area contributed by atoms with Crippen LogP contribution >= 0.6 is 34.5 Å². The van der Waals surface area contributed by atoms with Crippen LogP contribution < -0.4 is 15.4 Å². The SMILES string of the molecule is COc1cc(C)c(Cl)c(NC(=O)c2csc3c(Nc4ccc(C)cn4)ncnc23)c1Cl. The van der Waals surface area contributed by atoms with E-state index < -0.39 is 0 Å². The van der Waals surface area contributed by atoms with Crippen LogP contribution in [0.3, 0.4) is 0 Å². The van der Waals surface area contributed by atoms with Gasteiger partial charge in [-0.25, -0.2) is 15.0 Å². The lowest BCUT2D eigenvalue weighted by Crippen LogP contribution is -2.13. The third-order valence-electron chi connectivity index (χ3n) is 4.56. The van der Waals surface area contributed by atoms with Gasteiger partial charge in [-0.1, -0.05) is 29.3 Å². The van der Waals surface area contributed by atoms with E-state index in [2.05, 4.69) is 25.6 Å². The summed E-state index contributed by atoms with van der Waals surface area (Å²) in [6, 6.07) is 5.52. The van der Waals surface area contributed by atoms with Gasteiger partial charge in [-0.15, -0.1) is 11.3 Å². The lowest BCUT2D eigenvalue weighted by molar-refractivity contribution is 0.102. The highest BCUT2D eigenvalue weighted by atomic mass is 35.5. The number of halogens is 2. The number of carbonyl (C=O) groups is 1. The van der Waals surface area contributed by atoms with Crippen LogP contribution in [0.25, 0.3) is 10.2 Å². The molecule has 1 amide bonds. The fraction of sp³-hybridized carbons (Fsp3) is 0.143. The van der Waals surface area contributed by atoms with Gasteiger partial charge in [0.15, 0.2) is 5.82 Å². The first-order valence-electron chi connectivity index (χ1n) is 9.15. The minimum atomic E-state index is -0.388. The van der Waals surface area contributed by atoms with Crippen LogP contribution in [0.15, 0.2) is 36.1 Å². The van der Waals surface area contributed by atoms with Gasteiger partial charge < -0.3 is 15.4 Å². The zero-order valence-electron chi connectivity index (χ0n) is 16.8. The van der Waals surface area contributed by atoms with Crippen molar-refractivity contribution in [2.45, 2.75) is 13.8 Å². The Bertz CT molecular complexity index is 1290. The predicted molar refractivity (Wildman–Crippen MR) is 125 cm³/mol. The van der Waals surface area contributed by atoms with Gasteiger partial charge in [-0.05, 0) is 37.1 Å². The lowest BCUT2D eigenvalue weighted by atomic mass is 10.2. The number of pyridine rings is 1. The predicted octanol–water partition coefficient (Wildman–Crippen LogP) is 6.01. The molecule has 31 heavy (non-hydrogen) atoms. The molecule has 4 rings (SSSR count). The van der Waals surface area contributed by atoms with Crippen LogP contribution in [-0.2, 0) is 0 Å². The van der Waals surface area contributed by atoms with Gasteiger partial charge in [-0.3, -0.25) is 4.79 Å². The van der Waals surface area contributed by atoms with Crippen LogP contribution in [0.1, 0.15) is 21.5 Å². The molecule has 7 nitrogen and oxygen atoms in total. The molecule has 0 aliphatic heterocycles. The molecular weight excluding hydrogens is 457 g/mol. The van der Waals surface area contributed by atoms with Gasteiger partial charge in [0.1, 0.15) is 22.9 Å². The summed E-state index contributed by atoms with van der Waals surface area (Å²) in [4.78, 5) is 26.0. The molecule has 158 valence electrons. The van der Waals surface area contributed by atoms with Gasteiger partial charge in [0, 0.05) is 11.6 Å². The van der Waals surface area contributed by atoms with E-state index in [0.717, 1.165) is 15.8 Å². The van der Waals surface area contributed by atoms with E-state index in [0.29, 0.717) is 39.2 Å². The number of rotatable bonds is 5. The van der Waals surface area contributed by atoms with E-state index in [9.17, 15) is 4.79 Å². The first kappa shape index (κ1) is 21.3. The fourth-order valence-corrected chi connectivity index (χ4v) is 4.41. The molecule has 0 atom stereocenters. The number of ether oxygens (including phenoxy) is 1. The topological polar surface area (TPSA) is 89.0 Å². The van der Waals surface area contributed by atoms with Crippen LogP contribution in [0, 0.1) is 13.8 Å². The molecule has 3 aromatic heterocycles. The van der Waals surface area contributed by atoms with Gasteiger partial charge in [0.05, 0.1) is 33.6 Å². The number of hydrogen-bond acceptors (Lipinski definition) is 7. The Morgan fingerprint density at radius 1 is 1.13 bits per heavy atom. The minimum absolute atomic E-state index is 0.230. The molecule has 2 N–H and O–H groups in total. The van der Waals surface area contributed by atoms with Crippen molar-refractivity contribution < 1.29 is 9.53 Å². The summed E-state index contributed by atoms with van der Waals surface area (Å²) < 4.78 is 6.00. The van der Waals surface area contributed by atoms with Crippen LogP contribution in [0.2, 0.25) is 10.0 Å². The summed E-state index contributed by atoms with van der Waals surface area (Å²) in [7, 11) is 1.50. The van der Waals surface area contributed by atoms with Crippen LogP contribution in [0.5, 0.6) is 5.75 Å². The number of nitrogens with one attached hydrogen (secondary N) is 2. The molecule has 10 heteroatoms. The summed E-state index contributed by atoms with van der Waals surface area (Å²) >= 11 is 14.1. The van der Waals surface area contributed by atoms with Crippen molar-refractivity contribution in [2.24, 2.45) is 0 Å². The molecule has 0 radical (unpaired) electrons. The number of thiophene rings is 1. The summed E-state index contributed by atoms with van der Waals surface area (Å²) in [6.07, 6.45) is 3.16. The number of benzene rings is 1. The maximum Gasteiger partial charge on any atom is 0.258 e. The first-order chi connectivity index (χ1) is 14.9. The van der Waals surface area contributed by atoms with Crippen LogP contribution in [0.4, 0.5) is 17.3 Å². The molecule has 0 fully saturated rings. The highest BCUT2D eigenvalue weighted by Crippen LogP contribution is 2.41. The number of fused-ring (bicyclic) bond motifs is 1. The van der Waals surface area contributed by atoms with Crippen molar-refractivity contribution in [2.75, 3.05) is 17.7 Å². The molecule has 3 heterocycles. The first-order valence-corrected chi connectivity index (χ1v) is 10.8. The largest absolute Gasteiger partial charge is 0.495 e. The van der Waals surface area contributed by atoms with E-state index in [1.54, 1.807) is 24.6 Å². The number of anilines is 3. The summed E-state index contributed by atoms with van der Waals surface area (Å²) in [5.41, 5.74) is 2.97. The Kier molecular flexibility index (Phi) is 5.95. The number of aromatic nitrogens is 3. The lowest BCUT2D eigenvalue weighted by Gasteiger charge is -2.14. The molecule has 4 aromatic rings. The molecule has 0 bridgehead atoms. The van der Waals surface area contributed by atoms with Crippen molar-refractivity contribution in [3.63, 3.8) is 0 Å². The van der Waals surface area contributed by atoms with Crippen molar-refractivity contribution in [3.05, 3.63) is 62.8 Å². The number of amides is 1. The molecular formula is C21H17Cl2N5O2S. The highest BCUT2D eigenvalue weighted by Gasteiger charge is 2.21. The van der Waals surface area contributed by atoms with Gasteiger partial charge >= 0.3 is 0 Å². The maximum absolute atomic E-state index is 13.1. The third kappa shape index (κ3) is 4.14. The molecule has 0 aliphatic carbocycles. The second-order valence-corrected chi connectivity index (χ2v) is 8.38. The Morgan fingerprint density at radius 3 is 2.65 bits per heavy atom. The average molecular weight is 474 g/mol. The summed E-state index contributed by atoms with van der Waals surface area (Å²) in [5.74, 6) is 1.25. The molecule has 0 saturated heterocycles. The van der Waals surface area contributed by atoms with Crippen molar-refractivity contribution in [1.82, 2.24) is 15.0 Å². The second-order valence-electron chi connectivity index (χ2n) is 6.75. The Balaban J connectivity index is 1.67. The minimum Gasteiger partial charge on any atom is -0.495 e. The van der Waals surface area contributed by atoms with Crippen molar-refractivity contribution in [1.29, 1.82) is 0 Å². The second kappa shape index (κ2) is 8.66. The Labute approximate surface area is 192 Å². The van der Waals surface area contributed by atoms with Gasteiger partial charge in [0.2, 0.25) is 0 Å². The maximum atomic E-state index is 13.1. The zero-order valence-corrected chi connectivity index (χ0v) is 19.1. The smallest absolute Gasteiger partial charge is 0.258 e. The Morgan fingerprint density at radius 2 is 1.94 bits per heavy atom.